The second kappa shape index (κ2) is 4.00. The summed E-state index contributed by atoms with van der Waals surface area (Å²) in [6.45, 7) is 1.70. The van der Waals surface area contributed by atoms with E-state index in [1.54, 1.807) is 13.0 Å². The molecule has 0 bridgehead atoms. The van der Waals surface area contributed by atoms with Crippen LogP contribution in [0.5, 0.6) is 0 Å². The summed E-state index contributed by atoms with van der Waals surface area (Å²) < 4.78 is 41.8. The third kappa shape index (κ3) is 2.48. The first-order valence-corrected chi connectivity index (χ1v) is 4.15. The van der Waals surface area contributed by atoms with Crippen molar-refractivity contribution >= 4 is 0 Å². The zero-order chi connectivity index (χ0) is 10.8. The van der Waals surface area contributed by atoms with E-state index in [1.807, 2.05) is 0 Å². The Bertz CT molecular complexity index is 306. The van der Waals surface area contributed by atoms with Gasteiger partial charge in [0.1, 0.15) is 0 Å². The molecule has 0 amide bonds. The lowest BCUT2D eigenvalue weighted by atomic mass is 10.1. The average molecular weight is 204 g/mol. The van der Waals surface area contributed by atoms with Gasteiger partial charge in [-0.2, -0.15) is 13.2 Å². The highest BCUT2D eigenvalue weighted by atomic mass is 19.4. The Hall–Kier alpha value is -1.03. The highest BCUT2D eigenvalue weighted by molar-refractivity contribution is 5.26. The molecule has 0 saturated heterocycles. The van der Waals surface area contributed by atoms with Crippen LogP contribution in [0.25, 0.3) is 0 Å². The summed E-state index contributed by atoms with van der Waals surface area (Å²) in [5.74, 6) is 0. The molecule has 78 valence electrons. The average Bonchev–Trinajstić information content (AvgIpc) is 2.15. The summed E-state index contributed by atoms with van der Waals surface area (Å²) in [6.07, 6.45) is -4.61. The van der Waals surface area contributed by atoms with E-state index < -0.39 is 11.7 Å². The van der Waals surface area contributed by atoms with Gasteiger partial charge < -0.3 is 4.74 Å². The molecule has 0 aromatic heterocycles. The molecule has 0 fully saturated rings. The second-order valence-corrected chi connectivity index (χ2v) is 3.00. The van der Waals surface area contributed by atoms with Gasteiger partial charge in [-0.05, 0) is 24.6 Å². The fourth-order valence-electron chi connectivity index (χ4n) is 1.10. The number of halogens is 3. The molecule has 1 nitrogen and oxygen atoms in total. The lowest BCUT2D eigenvalue weighted by molar-refractivity contribution is -0.137. The van der Waals surface area contributed by atoms with Crippen LogP contribution in [0.1, 0.15) is 24.2 Å². The van der Waals surface area contributed by atoms with Crippen molar-refractivity contribution in [3.05, 3.63) is 35.4 Å². The number of hydrogen-bond acceptors (Lipinski definition) is 1. The Balaban J connectivity index is 3.01. The van der Waals surface area contributed by atoms with Crippen LogP contribution >= 0.6 is 0 Å². The molecular formula is C10H11F3O. The van der Waals surface area contributed by atoms with E-state index in [1.165, 1.54) is 13.2 Å². The van der Waals surface area contributed by atoms with Crippen molar-refractivity contribution in [2.24, 2.45) is 0 Å². The number of ether oxygens (including phenoxy) is 1. The molecule has 4 heteroatoms. The topological polar surface area (TPSA) is 9.23 Å². The first-order chi connectivity index (χ1) is 6.45. The van der Waals surface area contributed by atoms with E-state index in [4.69, 9.17) is 4.74 Å². The lowest BCUT2D eigenvalue weighted by Crippen LogP contribution is -2.06. The van der Waals surface area contributed by atoms with E-state index in [-0.39, 0.29) is 6.10 Å². The molecule has 1 aromatic rings. The maximum atomic E-state index is 12.3. The molecule has 0 aliphatic rings. The monoisotopic (exact) mass is 204 g/mol. The van der Waals surface area contributed by atoms with Crippen LogP contribution in [0.3, 0.4) is 0 Å². The quantitative estimate of drug-likeness (QED) is 0.717. The van der Waals surface area contributed by atoms with Gasteiger partial charge in [0, 0.05) is 7.11 Å². The standard InChI is InChI=1S/C10H11F3O/c1-7(14-2)8-4-3-5-9(6-8)10(11,12)13/h3-7H,1-2H3/t7-/m0/s1. The Labute approximate surface area is 80.5 Å². The molecule has 0 spiro atoms. The summed E-state index contributed by atoms with van der Waals surface area (Å²) >= 11 is 0. The highest BCUT2D eigenvalue weighted by Crippen LogP contribution is 2.31. The van der Waals surface area contributed by atoms with E-state index in [9.17, 15) is 13.2 Å². The van der Waals surface area contributed by atoms with Gasteiger partial charge in [-0.25, -0.2) is 0 Å². The minimum atomic E-state index is -4.29. The first kappa shape index (κ1) is 11.0. The van der Waals surface area contributed by atoms with Crippen LogP contribution in [0.2, 0.25) is 0 Å². The molecule has 0 radical (unpaired) electrons. The van der Waals surface area contributed by atoms with E-state index in [0.29, 0.717) is 5.56 Å². The van der Waals surface area contributed by atoms with Crippen molar-refractivity contribution in [2.45, 2.75) is 19.2 Å². The van der Waals surface area contributed by atoms with E-state index >= 15 is 0 Å². The molecule has 0 aliphatic heterocycles. The van der Waals surface area contributed by atoms with Crippen molar-refractivity contribution in [3.8, 4) is 0 Å². The largest absolute Gasteiger partial charge is 0.416 e. The van der Waals surface area contributed by atoms with Crippen LogP contribution in [0.4, 0.5) is 13.2 Å². The Kier molecular flexibility index (Phi) is 3.16. The van der Waals surface area contributed by atoms with Crippen molar-refractivity contribution in [2.75, 3.05) is 7.11 Å². The van der Waals surface area contributed by atoms with Crippen LogP contribution in [0.15, 0.2) is 24.3 Å². The lowest BCUT2D eigenvalue weighted by Gasteiger charge is -2.12. The van der Waals surface area contributed by atoms with Crippen molar-refractivity contribution in [1.82, 2.24) is 0 Å². The Morgan fingerprint density at radius 2 is 1.93 bits per heavy atom. The smallest absolute Gasteiger partial charge is 0.377 e. The van der Waals surface area contributed by atoms with Crippen LogP contribution in [0, 0.1) is 0 Å². The molecule has 1 rings (SSSR count). The minimum absolute atomic E-state index is 0.322. The summed E-state index contributed by atoms with van der Waals surface area (Å²) in [6, 6.07) is 5.15. The summed E-state index contributed by atoms with van der Waals surface area (Å²) in [5.41, 5.74) is -0.110. The molecule has 1 aromatic carbocycles. The van der Waals surface area contributed by atoms with Gasteiger partial charge in [-0.1, -0.05) is 12.1 Å². The van der Waals surface area contributed by atoms with E-state index in [0.717, 1.165) is 12.1 Å². The molecule has 0 N–H and O–H groups in total. The Morgan fingerprint density at radius 1 is 1.29 bits per heavy atom. The van der Waals surface area contributed by atoms with Gasteiger partial charge >= 0.3 is 6.18 Å². The summed E-state index contributed by atoms with van der Waals surface area (Å²) in [5, 5.41) is 0. The molecule has 14 heavy (non-hydrogen) atoms. The number of alkyl halides is 3. The zero-order valence-electron chi connectivity index (χ0n) is 7.93. The predicted octanol–water partition coefficient (Wildman–Crippen LogP) is 3.41. The normalized spacial score (nSPS) is 14.1. The fraction of sp³-hybridized carbons (Fsp3) is 0.400. The van der Waals surface area contributed by atoms with Crippen LogP contribution < -0.4 is 0 Å². The second-order valence-electron chi connectivity index (χ2n) is 3.00. The van der Waals surface area contributed by atoms with Crippen molar-refractivity contribution in [1.29, 1.82) is 0 Å². The Morgan fingerprint density at radius 3 is 2.43 bits per heavy atom. The van der Waals surface area contributed by atoms with Crippen molar-refractivity contribution in [3.63, 3.8) is 0 Å². The minimum Gasteiger partial charge on any atom is -0.377 e. The molecular weight excluding hydrogens is 193 g/mol. The number of rotatable bonds is 2. The zero-order valence-corrected chi connectivity index (χ0v) is 7.93. The van der Waals surface area contributed by atoms with E-state index in [2.05, 4.69) is 0 Å². The molecule has 0 aliphatic carbocycles. The number of hydrogen-bond donors (Lipinski definition) is 0. The highest BCUT2D eigenvalue weighted by Gasteiger charge is 2.30. The third-order valence-corrected chi connectivity index (χ3v) is 2.04. The first-order valence-electron chi connectivity index (χ1n) is 4.15. The third-order valence-electron chi connectivity index (χ3n) is 2.04. The van der Waals surface area contributed by atoms with Gasteiger partial charge in [-0.15, -0.1) is 0 Å². The number of benzene rings is 1. The fourth-order valence-corrected chi connectivity index (χ4v) is 1.10. The summed E-state index contributed by atoms with van der Waals surface area (Å²) in [4.78, 5) is 0. The maximum Gasteiger partial charge on any atom is 0.416 e. The predicted molar refractivity (Wildman–Crippen MR) is 46.9 cm³/mol. The van der Waals surface area contributed by atoms with Gasteiger partial charge in [0.15, 0.2) is 0 Å². The van der Waals surface area contributed by atoms with Gasteiger partial charge in [0.05, 0.1) is 11.7 Å². The van der Waals surface area contributed by atoms with Gasteiger partial charge in [-0.3, -0.25) is 0 Å². The van der Waals surface area contributed by atoms with Gasteiger partial charge in [0.2, 0.25) is 0 Å². The van der Waals surface area contributed by atoms with Crippen molar-refractivity contribution < 1.29 is 17.9 Å². The van der Waals surface area contributed by atoms with Gasteiger partial charge in [0.25, 0.3) is 0 Å². The molecule has 0 unspecified atom stereocenters. The molecule has 0 saturated carbocycles. The van der Waals surface area contributed by atoms with Crippen LogP contribution in [-0.4, -0.2) is 7.11 Å². The number of methoxy groups -OCH3 is 1. The SMILES string of the molecule is CO[C@@H](C)c1cccc(C(F)(F)F)c1. The molecule has 1 atom stereocenters. The molecule has 0 heterocycles. The van der Waals surface area contributed by atoms with Crippen LogP contribution in [-0.2, 0) is 10.9 Å². The summed E-state index contributed by atoms with van der Waals surface area (Å²) in [7, 11) is 1.46. The maximum absolute atomic E-state index is 12.3.